The summed E-state index contributed by atoms with van der Waals surface area (Å²) in [6.07, 6.45) is 8.76. The summed E-state index contributed by atoms with van der Waals surface area (Å²) < 4.78 is 0. The average molecular weight is 199 g/mol. The average Bonchev–Trinajstić information content (AvgIpc) is 1.97. The molecule has 1 atom stereocenters. The van der Waals surface area contributed by atoms with Crippen LogP contribution in [-0.4, -0.2) is 17.9 Å². The van der Waals surface area contributed by atoms with Gasteiger partial charge in [-0.3, -0.25) is 0 Å². The number of rotatable bonds is 7. The smallest absolute Gasteiger partial charge is 0.0431 e. The summed E-state index contributed by atoms with van der Waals surface area (Å²) in [7, 11) is 2.75. The minimum atomic E-state index is 0. The lowest BCUT2D eigenvalue weighted by Crippen LogP contribution is -1.83. The topological polar surface area (TPSA) is 20.2 Å². The second-order valence-corrected chi connectivity index (χ2v) is 3.21. The Hall–Kier alpha value is 0.680. The van der Waals surface area contributed by atoms with Gasteiger partial charge in [0.25, 0.3) is 0 Å². The van der Waals surface area contributed by atoms with Crippen molar-refractivity contribution < 1.29 is 5.11 Å². The molecule has 70 valence electrons. The highest BCUT2D eigenvalue weighted by molar-refractivity contribution is 7.16. The summed E-state index contributed by atoms with van der Waals surface area (Å²) in [6, 6.07) is 0. The van der Waals surface area contributed by atoms with Gasteiger partial charge in [-0.25, -0.2) is 0 Å². The maximum absolute atomic E-state index is 8.47. The van der Waals surface area contributed by atoms with Crippen LogP contribution in [0.2, 0.25) is 0 Å². The number of hydrogen-bond acceptors (Lipinski definition) is 1. The van der Waals surface area contributed by atoms with Crippen molar-refractivity contribution in [1.82, 2.24) is 0 Å². The van der Waals surface area contributed by atoms with Gasteiger partial charge in [0.2, 0.25) is 0 Å². The fourth-order valence-corrected chi connectivity index (χ4v) is 1.25. The molecule has 0 aliphatic heterocycles. The summed E-state index contributed by atoms with van der Waals surface area (Å²) in [6.45, 7) is 0.365. The Labute approximate surface area is 78.6 Å². The third-order valence-electron chi connectivity index (χ3n) is 1.61. The third-order valence-corrected chi connectivity index (χ3v) is 2.02. The van der Waals surface area contributed by atoms with Crippen LogP contribution in [0.25, 0.3) is 0 Å². The standard InChI is InChI=1S/C8H19OP.ClH/c9-7-5-3-1-2-4-6-8-10;/h9H,1-8,10H2;1H. The van der Waals surface area contributed by atoms with Crippen LogP contribution in [0.15, 0.2) is 0 Å². The van der Waals surface area contributed by atoms with E-state index >= 15 is 0 Å². The van der Waals surface area contributed by atoms with Crippen molar-refractivity contribution >= 4 is 21.6 Å². The Morgan fingerprint density at radius 3 is 1.73 bits per heavy atom. The van der Waals surface area contributed by atoms with E-state index in [1.807, 2.05) is 0 Å². The molecule has 3 heteroatoms. The van der Waals surface area contributed by atoms with E-state index in [9.17, 15) is 0 Å². The monoisotopic (exact) mass is 198 g/mol. The highest BCUT2D eigenvalue weighted by Crippen LogP contribution is 2.05. The molecule has 0 aromatic rings. The molecule has 0 saturated heterocycles. The molecule has 0 amide bonds. The van der Waals surface area contributed by atoms with Crippen LogP contribution < -0.4 is 0 Å². The quantitative estimate of drug-likeness (QED) is 0.493. The highest BCUT2D eigenvalue weighted by atomic mass is 35.5. The zero-order valence-electron chi connectivity index (χ0n) is 7.09. The van der Waals surface area contributed by atoms with E-state index in [0.717, 1.165) is 6.42 Å². The normalized spacial score (nSPS) is 9.27. The van der Waals surface area contributed by atoms with E-state index in [2.05, 4.69) is 9.24 Å². The van der Waals surface area contributed by atoms with Crippen LogP contribution >= 0.6 is 21.6 Å². The van der Waals surface area contributed by atoms with Crippen LogP contribution in [0.4, 0.5) is 0 Å². The first-order valence-corrected chi connectivity index (χ1v) is 5.04. The molecule has 0 spiro atoms. The van der Waals surface area contributed by atoms with Crippen molar-refractivity contribution in [2.75, 3.05) is 12.8 Å². The summed E-state index contributed by atoms with van der Waals surface area (Å²) in [5.41, 5.74) is 0. The van der Waals surface area contributed by atoms with Gasteiger partial charge in [-0.15, -0.1) is 21.6 Å². The fraction of sp³-hybridized carbons (Fsp3) is 1.00. The van der Waals surface area contributed by atoms with Gasteiger partial charge >= 0.3 is 0 Å². The zero-order chi connectivity index (χ0) is 7.66. The molecule has 11 heavy (non-hydrogen) atoms. The number of unbranched alkanes of at least 4 members (excludes halogenated alkanes) is 5. The van der Waals surface area contributed by atoms with Crippen LogP contribution in [-0.2, 0) is 0 Å². The van der Waals surface area contributed by atoms with Crippen molar-refractivity contribution in [3.63, 3.8) is 0 Å². The molecule has 0 rings (SSSR count). The molecule has 0 saturated carbocycles. The van der Waals surface area contributed by atoms with Crippen molar-refractivity contribution in [2.24, 2.45) is 0 Å². The second-order valence-electron chi connectivity index (χ2n) is 2.63. The summed E-state index contributed by atoms with van der Waals surface area (Å²) in [4.78, 5) is 0. The molecule has 0 aliphatic carbocycles. The molecule has 1 nitrogen and oxygen atoms in total. The van der Waals surface area contributed by atoms with E-state index in [-0.39, 0.29) is 12.4 Å². The lowest BCUT2D eigenvalue weighted by atomic mass is 10.1. The zero-order valence-corrected chi connectivity index (χ0v) is 9.06. The predicted octanol–water partition coefficient (Wildman–Crippen LogP) is 2.62. The third kappa shape index (κ3) is 13.6. The van der Waals surface area contributed by atoms with Gasteiger partial charge in [0, 0.05) is 6.61 Å². The lowest BCUT2D eigenvalue weighted by Gasteiger charge is -1.97. The molecule has 0 aromatic carbocycles. The minimum absolute atomic E-state index is 0. The molecule has 1 N–H and O–H groups in total. The van der Waals surface area contributed by atoms with Crippen LogP contribution in [0.1, 0.15) is 38.5 Å². The molecule has 0 radical (unpaired) electrons. The molecule has 1 unspecified atom stereocenters. The first-order chi connectivity index (χ1) is 4.91. The first kappa shape index (κ1) is 14.2. The van der Waals surface area contributed by atoms with Gasteiger partial charge in [0.05, 0.1) is 0 Å². The van der Waals surface area contributed by atoms with Gasteiger partial charge < -0.3 is 5.11 Å². The number of aliphatic hydroxyl groups excluding tert-OH is 1. The molecule has 0 aliphatic rings. The van der Waals surface area contributed by atoms with Crippen LogP contribution in [0.3, 0.4) is 0 Å². The first-order valence-electron chi connectivity index (χ1n) is 4.22. The number of hydrogen-bond donors (Lipinski definition) is 1. The molecule has 0 bridgehead atoms. The summed E-state index contributed by atoms with van der Waals surface area (Å²) in [5.74, 6) is 0. The Balaban J connectivity index is 0. The van der Waals surface area contributed by atoms with E-state index in [1.165, 1.54) is 38.3 Å². The van der Waals surface area contributed by atoms with Gasteiger partial charge in [0.1, 0.15) is 0 Å². The van der Waals surface area contributed by atoms with E-state index < -0.39 is 0 Å². The maximum Gasteiger partial charge on any atom is 0.0431 e. The second kappa shape index (κ2) is 13.3. The Kier molecular flexibility index (Phi) is 17.2. The summed E-state index contributed by atoms with van der Waals surface area (Å²) >= 11 is 0. The Morgan fingerprint density at radius 1 is 0.818 bits per heavy atom. The molecular formula is C8H20ClOP. The van der Waals surface area contributed by atoms with Gasteiger partial charge in [-0.2, -0.15) is 0 Å². The maximum atomic E-state index is 8.47. The Morgan fingerprint density at radius 2 is 1.27 bits per heavy atom. The molecule has 0 heterocycles. The lowest BCUT2D eigenvalue weighted by molar-refractivity contribution is 0.282. The Bertz CT molecular complexity index is 54.1. The minimum Gasteiger partial charge on any atom is -0.396 e. The number of halogens is 1. The van der Waals surface area contributed by atoms with E-state index in [1.54, 1.807) is 0 Å². The molecule has 0 fully saturated rings. The number of aliphatic hydroxyl groups is 1. The van der Waals surface area contributed by atoms with Crippen molar-refractivity contribution in [1.29, 1.82) is 0 Å². The van der Waals surface area contributed by atoms with Gasteiger partial charge in [-0.05, 0) is 19.0 Å². The predicted molar refractivity (Wildman–Crippen MR) is 56.6 cm³/mol. The van der Waals surface area contributed by atoms with E-state index in [0.29, 0.717) is 6.61 Å². The van der Waals surface area contributed by atoms with Crippen LogP contribution in [0.5, 0.6) is 0 Å². The van der Waals surface area contributed by atoms with Crippen molar-refractivity contribution in [3.05, 3.63) is 0 Å². The fourth-order valence-electron chi connectivity index (χ4n) is 0.963. The molecular weight excluding hydrogens is 179 g/mol. The van der Waals surface area contributed by atoms with Gasteiger partial charge in [-0.1, -0.05) is 25.7 Å². The summed E-state index contributed by atoms with van der Waals surface area (Å²) in [5, 5.41) is 8.47. The van der Waals surface area contributed by atoms with Crippen LogP contribution in [0, 0.1) is 0 Å². The van der Waals surface area contributed by atoms with Gasteiger partial charge in [0.15, 0.2) is 0 Å². The van der Waals surface area contributed by atoms with E-state index in [4.69, 9.17) is 5.11 Å². The largest absolute Gasteiger partial charge is 0.396 e. The highest BCUT2D eigenvalue weighted by Gasteiger charge is 1.88. The van der Waals surface area contributed by atoms with Crippen molar-refractivity contribution in [2.45, 2.75) is 38.5 Å². The van der Waals surface area contributed by atoms with Crippen molar-refractivity contribution in [3.8, 4) is 0 Å². The molecule has 0 aromatic heterocycles. The SMILES string of the molecule is Cl.OCCCCCCCCP.